The molecule has 1 aromatic heterocycles. The maximum Gasteiger partial charge on any atom is 0.251 e. The number of pyridine rings is 1. The fourth-order valence-corrected chi connectivity index (χ4v) is 3.37. The van der Waals surface area contributed by atoms with Gasteiger partial charge in [0, 0.05) is 24.1 Å². The normalized spacial score (nSPS) is 15.4. The molecule has 0 aliphatic heterocycles. The molecule has 0 atom stereocenters. The summed E-state index contributed by atoms with van der Waals surface area (Å²) in [6, 6.07) is 7.50. The standard InChI is InChI=1S/C19H24N2O3/c1-24-16-8-7-14-11-15(19(23)21-17(14)12-16)9-10-20-18(22)13-5-3-2-4-6-13/h7-8,11-13H,2-6,9-10H2,1H3,(H,20,22)(H,21,23). The number of carbonyl (C=O) groups excluding carboxylic acids is 1. The molecule has 2 N–H and O–H groups in total. The van der Waals surface area contributed by atoms with Gasteiger partial charge in [0.2, 0.25) is 5.91 Å². The fraction of sp³-hybridized carbons (Fsp3) is 0.474. The van der Waals surface area contributed by atoms with Gasteiger partial charge < -0.3 is 15.0 Å². The van der Waals surface area contributed by atoms with Gasteiger partial charge in [0.05, 0.1) is 12.6 Å². The summed E-state index contributed by atoms with van der Waals surface area (Å²) in [7, 11) is 1.60. The monoisotopic (exact) mass is 328 g/mol. The molecule has 5 nitrogen and oxygen atoms in total. The second kappa shape index (κ2) is 7.51. The van der Waals surface area contributed by atoms with Crippen molar-refractivity contribution in [3.05, 3.63) is 40.2 Å². The Bertz CT molecular complexity index is 776. The van der Waals surface area contributed by atoms with Gasteiger partial charge in [0.15, 0.2) is 0 Å². The molecule has 1 fully saturated rings. The number of fused-ring (bicyclic) bond motifs is 1. The van der Waals surface area contributed by atoms with Crippen LogP contribution in [-0.4, -0.2) is 24.5 Å². The van der Waals surface area contributed by atoms with E-state index in [4.69, 9.17) is 4.74 Å². The number of hydrogen-bond donors (Lipinski definition) is 2. The predicted molar refractivity (Wildman–Crippen MR) is 94.4 cm³/mol. The topological polar surface area (TPSA) is 71.2 Å². The Hall–Kier alpha value is -2.30. The third-order valence-corrected chi connectivity index (χ3v) is 4.80. The molecule has 5 heteroatoms. The number of carbonyl (C=O) groups is 1. The summed E-state index contributed by atoms with van der Waals surface area (Å²) < 4.78 is 5.17. The number of ether oxygens (including phenoxy) is 1. The van der Waals surface area contributed by atoms with E-state index in [1.807, 2.05) is 24.3 Å². The van der Waals surface area contributed by atoms with Crippen molar-refractivity contribution in [3.8, 4) is 5.75 Å². The van der Waals surface area contributed by atoms with E-state index in [0.717, 1.165) is 36.6 Å². The summed E-state index contributed by atoms with van der Waals surface area (Å²) >= 11 is 0. The lowest BCUT2D eigenvalue weighted by Gasteiger charge is -2.20. The van der Waals surface area contributed by atoms with Crippen LogP contribution in [0.25, 0.3) is 10.9 Å². The van der Waals surface area contributed by atoms with E-state index in [-0.39, 0.29) is 17.4 Å². The smallest absolute Gasteiger partial charge is 0.251 e. The molecule has 1 heterocycles. The van der Waals surface area contributed by atoms with E-state index in [1.165, 1.54) is 6.42 Å². The van der Waals surface area contributed by atoms with Crippen LogP contribution in [-0.2, 0) is 11.2 Å². The van der Waals surface area contributed by atoms with Crippen LogP contribution in [0.5, 0.6) is 5.75 Å². The summed E-state index contributed by atoms with van der Waals surface area (Å²) in [5.41, 5.74) is 1.34. The number of aromatic nitrogens is 1. The maximum atomic E-state index is 12.2. The average Bonchev–Trinajstić information content (AvgIpc) is 2.62. The first-order valence-electron chi connectivity index (χ1n) is 8.65. The van der Waals surface area contributed by atoms with E-state index in [9.17, 15) is 9.59 Å². The number of methoxy groups -OCH3 is 1. The molecular formula is C19H24N2O3. The fourth-order valence-electron chi connectivity index (χ4n) is 3.37. The van der Waals surface area contributed by atoms with Crippen molar-refractivity contribution in [1.29, 1.82) is 0 Å². The van der Waals surface area contributed by atoms with Crippen molar-refractivity contribution in [2.45, 2.75) is 38.5 Å². The van der Waals surface area contributed by atoms with Crippen LogP contribution in [0.3, 0.4) is 0 Å². The minimum atomic E-state index is -0.109. The number of benzene rings is 1. The van der Waals surface area contributed by atoms with Gasteiger partial charge in [-0.1, -0.05) is 19.3 Å². The lowest BCUT2D eigenvalue weighted by molar-refractivity contribution is -0.125. The van der Waals surface area contributed by atoms with Crippen LogP contribution in [0, 0.1) is 5.92 Å². The molecule has 2 aromatic rings. The van der Waals surface area contributed by atoms with Crippen molar-refractivity contribution in [1.82, 2.24) is 10.3 Å². The largest absolute Gasteiger partial charge is 0.497 e. The lowest BCUT2D eigenvalue weighted by Crippen LogP contribution is -2.33. The lowest BCUT2D eigenvalue weighted by atomic mass is 9.88. The minimum absolute atomic E-state index is 0.109. The molecule has 24 heavy (non-hydrogen) atoms. The van der Waals surface area contributed by atoms with Gasteiger partial charge in [-0.2, -0.15) is 0 Å². The number of rotatable bonds is 5. The highest BCUT2D eigenvalue weighted by Crippen LogP contribution is 2.23. The summed E-state index contributed by atoms with van der Waals surface area (Å²) in [5, 5.41) is 3.94. The van der Waals surface area contributed by atoms with Crippen LogP contribution in [0.2, 0.25) is 0 Å². The number of amides is 1. The second-order valence-electron chi connectivity index (χ2n) is 6.45. The Labute approximate surface area is 141 Å². The Kier molecular flexibility index (Phi) is 5.18. The van der Waals surface area contributed by atoms with Crippen molar-refractivity contribution >= 4 is 16.8 Å². The molecule has 128 valence electrons. The van der Waals surface area contributed by atoms with Crippen LogP contribution < -0.4 is 15.6 Å². The van der Waals surface area contributed by atoms with Gasteiger partial charge in [-0.15, -0.1) is 0 Å². The number of nitrogens with one attached hydrogen (secondary N) is 2. The number of H-pyrrole nitrogens is 1. The molecule has 1 aromatic carbocycles. The van der Waals surface area contributed by atoms with E-state index in [0.29, 0.717) is 24.3 Å². The summed E-state index contributed by atoms with van der Waals surface area (Å²) in [5.74, 6) is 1.00. The Morgan fingerprint density at radius 1 is 1.25 bits per heavy atom. The third-order valence-electron chi connectivity index (χ3n) is 4.80. The van der Waals surface area contributed by atoms with Crippen molar-refractivity contribution in [3.63, 3.8) is 0 Å². The third kappa shape index (κ3) is 3.78. The second-order valence-corrected chi connectivity index (χ2v) is 6.45. The molecule has 1 saturated carbocycles. The predicted octanol–water partition coefficient (Wildman–Crippen LogP) is 2.78. The van der Waals surface area contributed by atoms with Crippen LogP contribution in [0.1, 0.15) is 37.7 Å². The minimum Gasteiger partial charge on any atom is -0.497 e. The number of aromatic amines is 1. The molecule has 0 bridgehead atoms. The molecule has 1 aliphatic carbocycles. The molecular weight excluding hydrogens is 304 g/mol. The van der Waals surface area contributed by atoms with Gasteiger partial charge in [0.1, 0.15) is 5.75 Å². The average molecular weight is 328 g/mol. The first-order chi connectivity index (χ1) is 11.7. The first kappa shape index (κ1) is 16.6. The Morgan fingerprint density at radius 2 is 2.04 bits per heavy atom. The van der Waals surface area contributed by atoms with Crippen molar-refractivity contribution in [2.24, 2.45) is 5.92 Å². The molecule has 0 unspecified atom stereocenters. The van der Waals surface area contributed by atoms with Gasteiger partial charge in [-0.3, -0.25) is 9.59 Å². The SMILES string of the molecule is COc1ccc2cc(CCNC(=O)C3CCCCC3)c(=O)[nH]c2c1. The molecule has 0 spiro atoms. The highest BCUT2D eigenvalue weighted by molar-refractivity contribution is 5.80. The van der Waals surface area contributed by atoms with Gasteiger partial charge in [-0.25, -0.2) is 0 Å². The first-order valence-corrected chi connectivity index (χ1v) is 8.65. The van der Waals surface area contributed by atoms with Crippen LogP contribution in [0.15, 0.2) is 29.1 Å². The van der Waals surface area contributed by atoms with E-state index >= 15 is 0 Å². The zero-order valence-electron chi connectivity index (χ0n) is 14.1. The van der Waals surface area contributed by atoms with Gasteiger partial charge >= 0.3 is 0 Å². The van der Waals surface area contributed by atoms with Crippen LogP contribution in [0.4, 0.5) is 0 Å². The summed E-state index contributed by atoms with van der Waals surface area (Å²) in [4.78, 5) is 27.2. The highest BCUT2D eigenvalue weighted by atomic mass is 16.5. The molecule has 1 amide bonds. The zero-order chi connectivity index (χ0) is 16.9. The molecule has 1 aliphatic rings. The zero-order valence-corrected chi connectivity index (χ0v) is 14.1. The van der Waals surface area contributed by atoms with Crippen LogP contribution >= 0.6 is 0 Å². The summed E-state index contributed by atoms with van der Waals surface area (Å²) in [6.07, 6.45) is 6.04. The molecule has 3 rings (SSSR count). The maximum absolute atomic E-state index is 12.2. The Morgan fingerprint density at radius 3 is 2.79 bits per heavy atom. The van der Waals surface area contributed by atoms with E-state index in [1.54, 1.807) is 7.11 Å². The van der Waals surface area contributed by atoms with E-state index < -0.39 is 0 Å². The number of hydrogen-bond acceptors (Lipinski definition) is 3. The molecule has 0 saturated heterocycles. The Balaban J connectivity index is 1.63. The quantitative estimate of drug-likeness (QED) is 0.886. The van der Waals surface area contributed by atoms with Gasteiger partial charge in [-0.05, 0) is 42.8 Å². The molecule has 0 radical (unpaired) electrons. The highest BCUT2D eigenvalue weighted by Gasteiger charge is 2.20. The van der Waals surface area contributed by atoms with Crippen molar-refractivity contribution < 1.29 is 9.53 Å². The van der Waals surface area contributed by atoms with E-state index in [2.05, 4.69) is 10.3 Å². The van der Waals surface area contributed by atoms with Crippen molar-refractivity contribution in [2.75, 3.05) is 13.7 Å². The summed E-state index contributed by atoms with van der Waals surface area (Å²) in [6.45, 7) is 0.500. The van der Waals surface area contributed by atoms with Gasteiger partial charge in [0.25, 0.3) is 5.56 Å².